The number of nitrogens with one attached hydrogen (secondary N) is 2. The van der Waals surface area contributed by atoms with Crippen molar-refractivity contribution in [3.8, 4) is 28.5 Å². The van der Waals surface area contributed by atoms with Gasteiger partial charge in [0.25, 0.3) is 5.56 Å². The van der Waals surface area contributed by atoms with Crippen molar-refractivity contribution in [1.29, 1.82) is 5.26 Å². The first kappa shape index (κ1) is 17.0. The highest BCUT2D eigenvalue weighted by atomic mass is 32.1. The third-order valence-corrected chi connectivity index (χ3v) is 4.81. The Balaban J connectivity index is 1.95. The highest BCUT2D eigenvalue weighted by Crippen LogP contribution is 2.35. The number of aromatic amines is 2. The number of aromatic nitrogens is 4. The monoisotopic (exact) mass is 374 g/mol. The van der Waals surface area contributed by atoms with Gasteiger partial charge in [0.1, 0.15) is 6.07 Å². The van der Waals surface area contributed by atoms with Crippen LogP contribution in [0.15, 0.2) is 52.3 Å². The van der Waals surface area contributed by atoms with Gasteiger partial charge in [0.15, 0.2) is 0 Å². The maximum atomic E-state index is 12.0. The van der Waals surface area contributed by atoms with Gasteiger partial charge in [-0.25, -0.2) is 5.10 Å². The van der Waals surface area contributed by atoms with E-state index in [9.17, 15) is 10.1 Å². The Hall–Kier alpha value is -3.41. The molecule has 2 heterocycles. The number of hydrogen-bond acceptors (Lipinski definition) is 6. The van der Waals surface area contributed by atoms with Crippen LogP contribution in [0.25, 0.3) is 33.2 Å². The molecule has 2 aromatic heterocycles. The molecule has 0 saturated carbocycles. The highest BCUT2D eigenvalue weighted by Gasteiger charge is 2.16. The zero-order valence-corrected chi connectivity index (χ0v) is 14.9. The Bertz CT molecular complexity index is 1270. The molecule has 7 nitrogen and oxygen atoms in total. The number of hydrogen-bond donors (Lipinski definition) is 4. The molecule has 0 aliphatic heterocycles. The van der Waals surface area contributed by atoms with Crippen LogP contribution in [0, 0.1) is 11.3 Å². The molecule has 0 fully saturated rings. The van der Waals surface area contributed by atoms with E-state index in [-0.39, 0.29) is 12.1 Å². The van der Waals surface area contributed by atoms with Crippen molar-refractivity contribution < 1.29 is 0 Å². The van der Waals surface area contributed by atoms with Gasteiger partial charge in [-0.15, -0.1) is 12.6 Å². The summed E-state index contributed by atoms with van der Waals surface area (Å²) in [4.78, 5) is 12.6. The fraction of sp³-hybridized carbons (Fsp3) is 0.0526. The van der Waals surface area contributed by atoms with Crippen LogP contribution < -0.4 is 11.3 Å². The number of rotatable bonds is 3. The molecular formula is C19H14N6OS. The molecule has 0 radical (unpaired) electrons. The van der Waals surface area contributed by atoms with E-state index in [0.717, 1.165) is 11.1 Å². The third-order valence-electron chi connectivity index (χ3n) is 4.43. The average molecular weight is 374 g/mol. The normalized spacial score (nSPS) is 10.9. The summed E-state index contributed by atoms with van der Waals surface area (Å²) >= 11 is 4.37. The SMILES string of the molecule is N#Cc1c(S)cccc1-c1[nH]ncc1-c1ccc2c(=O)[nH]nc(CN)c2c1. The number of benzene rings is 2. The number of nitriles is 1. The Morgan fingerprint density at radius 2 is 2.00 bits per heavy atom. The van der Waals surface area contributed by atoms with E-state index in [4.69, 9.17) is 5.73 Å². The molecule has 0 spiro atoms. The molecule has 0 aliphatic rings. The predicted molar refractivity (Wildman–Crippen MR) is 105 cm³/mol. The molecule has 0 bridgehead atoms. The molecule has 27 heavy (non-hydrogen) atoms. The Morgan fingerprint density at radius 1 is 1.15 bits per heavy atom. The lowest BCUT2D eigenvalue weighted by atomic mass is 9.97. The summed E-state index contributed by atoms with van der Waals surface area (Å²) in [5.41, 5.74) is 9.61. The summed E-state index contributed by atoms with van der Waals surface area (Å²) in [6.07, 6.45) is 1.69. The molecule has 0 amide bonds. The van der Waals surface area contributed by atoms with Crippen LogP contribution in [-0.4, -0.2) is 20.4 Å². The van der Waals surface area contributed by atoms with Gasteiger partial charge in [-0.05, 0) is 23.8 Å². The van der Waals surface area contributed by atoms with Gasteiger partial charge in [-0.3, -0.25) is 9.89 Å². The van der Waals surface area contributed by atoms with E-state index < -0.39 is 0 Å². The molecule has 0 atom stereocenters. The van der Waals surface area contributed by atoms with Crippen LogP contribution in [0.5, 0.6) is 0 Å². The highest BCUT2D eigenvalue weighted by molar-refractivity contribution is 7.80. The first-order valence-corrected chi connectivity index (χ1v) is 8.56. The summed E-state index contributed by atoms with van der Waals surface area (Å²) < 4.78 is 0. The molecule has 4 rings (SSSR count). The van der Waals surface area contributed by atoms with Gasteiger partial charge < -0.3 is 5.73 Å². The van der Waals surface area contributed by atoms with E-state index in [1.54, 1.807) is 18.3 Å². The maximum Gasteiger partial charge on any atom is 0.272 e. The van der Waals surface area contributed by atoms with E-state index in [1.165, 1.54) is 0 Å². The van der Waals surface area contributed by atoms with Crippen molar-refractivity contribution in [1.82, 2.24) is 20.4 Å². The zero-order valence-electron chi connectivity index (χ0n) is 14.0. The molecule has 0 aliphatic carbocycles. The number of nitrogens with two attached hydrogens (primary N) is 1. The molecule has 8 heteroatoms. The minimum atomic E-state index is -0.268. The number of nitrogens with zero attached hydrogens (tertiary/aromatic N) is 3. The Morgan fingerprint density at radius 3 is 2.78 bits per heavy atom. The predicted octanol–water partition coefficient (Wildman–Crippen LogP) is 2.60. The van der Waals surface area contributed by atoms with Crippen LogP contribution in [-0.2, 0) is 6.54 Å². The zero-order chi connectivity index (χ0) is 19.0. The van der Waals surface area contributed by atoms with E-state index in [1.807, 2.05) is 24.3 Å². The molecule has 4 aromatic rings. The van der Waals surface area contributed by atoms with Crippen LogP contribution in [0.2, 0.25) is 0 Å². The van der Waals surface area contributed by atoms with E-state index in [0.29, 0.717) is 38.2 Å². The fourth-order valence-electron chi connectivity index (χ4n) is 3.12. The van der Waals surface area contributed by atoms with E-state index >= 15 is 0 Å². The summed E-state index contributed by atoms with van der Waals surface area (Å²) in [7, 11) is 0. The van der Waals surface area contributed by atoms with Gasteiger partial charge in [-0.1, -0.05) is 18.2 Å². The molecular weight excluding hydrogens is 360 g/mol. The van der Waals surface area contributed by atoms with Crippen LogP contribution in [0.3, 0.4) is 0 Å². The van der Waals surface area contributed by atoms with Gasteiger partial charge in [-0.2, -0.15) is 15.5 Å². The smallest absolute Gasteiger partial charge is 0.272 e. The number of thiol groups is 1. The van der Waals surface area contributed by atoms with Gasteiger partial charge in [0, 0.05) is 28.0 Å². The minimum Gasteiger partial charge on any atom is -0.325 e. The van der Waals surface area contributed by atoms with Gasteiger partial charge >= 0.3 is 0 Å². The average Bonchev–Trinajstić information content (AvgIpc) is 3.17. The Kier molecular flexibility index (Phi) is 4.24. The summed E-state index contributed by atoms with van der Waals surface area (Å²) in [5, 5.41) is 24.3. The lowest BCUT2D eigenvalue weighted by Crippen LogP contribution is -2.13. The summed E-state index contributed by atoms with van der Waals surface area (Å²) in [6.45, 7) is 0.204. The van der Waals surface area contributed by atoms with Crippen molar-refractivity contribution in [2.75, 3.05) is 0 Å². The van der Waals surface area contributed by atoms with Crippen molar-refractivity contribution in [2.45, 2.75) is 11.4 Å². The second-order valence-corrected chi connectivity index (χ2v) is 6.42. The molecule has 0 saturated heterocycles. The van der Waals surface area contributed by atoms with Crippen LogP contribution >= 0.6 is 12.6 Å². The number of H-pyrrole nitrogens is 2. The quantitative estimate of drug-likeness (QED) is 0.410. The topological polar surface area (TPSA) is 124 Å². The summed E-state index contributed by atoms with van der Waals surface area (Å²) in [5.74, 6) is 0. The first-order chi connectivity index (χ1) is 13.1. The number of fused-ring (bicyclic) bond motifs is 1. The largest absolute Gasteiger partial charge is 0.325 e. The minimum absolute atomic E-state index is 0.204. The summed E-state index contributed by atoms with van der Waals surface area (Å²) in [6, 6.07) is 13.1. The lowest BCUT2D eigenvalue weighted by molar-refractivity contribution is 0.900. The maximum absolute atomic E-state index is 12.0. The molecule has 132 valence electrons. The van der Waals surface area contributed by atoms with Gasteiger partial charge in [0.2, 0.25) is 0 Å². The fourth-order valence-corrected chi connectivity index (χ4v) is 3.38. The van der Waals surface area contributed by atoms with Crippen molar-refractivity contribution in [2.24, 2.45) is 5.73 Å². The lowest BCUT2D eigenvalue weighted by Gasteiger charge is -2.09. The first-order valence-electron chi connectivity index (χ1n) is 8.11. The van der Waals surface area contributed by atoms with Crippen molar-refractivity contribution >= 4 is 23.4 Å². The molecule has 4 N–H and O–H groups in total. The van der Waals surface area contributed by atoms with Gasteiger partial charge in [0.05, 0.1) is 28.5 Å². The standard InChI is InChI=1S/C19H14N6OS/c20-7-14-11(2-1-3-17(14)27)18-15(9-22-24-18)10-4-5-12-13(6-10)16(8-21)23-25-19(12)26/h1-6,9,27H,8,21H2,(H,22,24)(H,25,26). The Labute approximate surface area is 159 Å². The third kappa shape index (κ3) is 2.79. The second kappa shape index (κ2) is 6.72. The second-order valence-electron chi connectivity index (χ2n) is 5.93. The van der Waals surface area contributed by atoms with Crippen molar-refractivity contribution in [3.05, 3.63) is 64.2 Å². The van der Waals surface area contributed by atoms with E-state index in [2.05, 4.69) is 39.1 Å². The molecule has 2 aromatic carbocycles. The van der Waals surface area contributed by atoms with Crippen LogP contribution in [0.4, 0.5) is 0 Å². The van der Waals surface area contributed by atoms with Crippen LogP contribution in [0.1, 0.15) is 11.3 Å². The molecule has 0 unspecified atom stereocenters. The van der Waals surface area contributed by atoms with Crippen molar-refractivity contribution in [3.63, 3.8) is 0 Å².